The van der Waals surface area contributed by atoms with Gasteiger partial charge in [0.1, 0.15) is 7.41 Å². The molecule has 1 atom stereocenters. The molecule has 13 heavy (non-hydrogen) atoms. The minimum atomic E-state index is -1.09. The molecule has 0 saturated heterocycles. The lowest BCUT2D eigenvalue weighted by Crippen LogP contribution is -2.03. The van der Waals surface area contributed by atoms with Crippen LogP contribution in [0.15, 0.2) is 6.20 Å². The maximum atomic E-state index is 4.18. The Morgan fingerprint density at radius 2 is 2.15 bits per heavy atom. The van der Waals surface area contributed by atoms with Crippen molar-refractivity contribution in [2.24, 2.45) is 0 Å². The first-order chi connectivity index (χ1) is 5.97. The lowest BCUT2D eigenvalue weighted by molar-refractivity contribution is 0.796. The van der Waals surface area contributed by atoms with E-state index in [0.717, 1.165) is 11.6 Å². The summed E-state index contributed by atoms with van der Waals surface area (Å²) in [6, 6.07) is 0. The molecule has 1 aromatic rings. The second-order valence-corrected chi connectivity index (χ2v) is 9.13. The van der Waals surface area contributed by atoms with Crippen LogP contribution in [-0.2, 0) is 0 Å². The highest BCUT2D eigenvalue weighted by Crippen LogP contribution is 2.52. The van der Waals surface area contributed by atoms with Crippen LogP contribution >= 0.6 is 16.7 Å². The summed E-state index contributed by atoms with van der Waals surface area (Å²) in [5.74, 6) is 1.56. The standard InChI is InChI=1S/C8H18N3P2/c1-7(2)8-5-11(10-9-8)13(3,4)6-12/h5,7H,6,12H2,1-4H3/q+1. The summed E-state index contributed by atoms with van der Waals surface area (Å²) < 4.78 is 2.05. The Morgan fingerprint density at radius 1 is 1.54 bits per heavy atom. The van der Waals surface area contributed by atoms with E-state index in [0.29, 0.717) is 5.92 Å². The van der Waals surface area contributed by atoms with Gasteiger partial charge in [-0.2, -0.15) is 0 Å². The van der Waals surface area contributed by atoms with E-state index in [1.165, 1.54) is 0 Å². The molecule has 0 bridgehead atoms. The minimum absolute atomic E-state index is 0.471. The van der Waals surface area contributed by atoms with Gasteiger partial charge in [0.25, 0.3) is 0 Å². The molecule has 0 aliphatic carbocycles. The number of rotatable bonds is 3. The third kappa shape index (κ3) is 2.48. The number of nitrogens with zero attached hydrogens (tertiary/aromatic N) is 3. The van der Waals surface area contributed by atoms with Crippen molar-refractivity contribution >= 4 is 16.7 Å². The molecule has 1 aromatic heterocycles. The Labute approximate surface area is 82.9 Å². The highest BCUT2D eigenvalue weighted by molar-refractivity contribution is 7.77. The molecular weight excluding hydrogens is 200 g/mol. The van der Waals surface area contributed by atoms with E-state index in [4.69, 9.17) is 0 Å². The summed E-state index contributed by atoms with van der Waals surface area (Å²) in [6.07, 6.45) is 2.09. The van der Waals surface area contributed by atoms with Crippen LogP contribution in [0.3, 0.4) is 0 Å². The van der Waals surface area contributed by atoms with Gasteiger partial charge in [-0.15, -0.1) is 9.55 Å². The van der Waals surface area contributed by atoms with Gasteiger partial charge in [-0.05, 0) is 11.1 Å². The second-order valence-electron chi connectivity index (χ2n) is 4.02. The third-order valence-corrected chi connectivity index (χ3v) is 6.97. The van der Waals surface area contributed by atoms with Crippen LogP contribution in [0, 0.1) is 0 Å². The SMILES string of the molecule is CC(C)c1cn([P+](C)(C)CP)nn1. The fourth-order valence-corrected chi connectivity index (χ4v) is 2.24. The lowest BCUT2D eigenvalue weighted by atomic mass is 10.2. The van der Waals surface area contributed by atoms with Gasteiger partial charge in [-0.3, -0.25) is 0 Å². The first kappa shape index (κ1) is 11.1. The van der Waals surface area contributed by atoms with Gasteiger partial charge in [0.2, 0.25) is 0 Å². The Morgan fingerprint density at radius 3 is 2.54 bits per heavy atom. The Balaban J connectivity index is 2.91. The molecule has 0 aromatic carbocycles. The van der Waals surface area contributed by atoms with E-state index in [-0.39, 0.29) is 0 Å². The van der Waals surface area contributed by atoms with E-state index in [9.17, 15) is 0 Å². The van der Waals surface area contributed by atoms with Gasteiger partial charge >= 0.3 is 0 Å². The van der Waals surface area contributed by atoms with Crippen molar-refractivity contribution in [2.75, 3.05) is 19.2 Å². The molecule has 0 spiro atoms. The molecule has 1 unspecified atom stereocenters. The molecule has 3 nitrogen and oxygen atoms in total. The van der Waals surface area contributed by atoms with Crippen LogP contribution in [0.1, 0.15) is 25.5 Å². The summed E-state index contributed by atoms with van der Waals surface area (Å²) in [5, 5.41) is 8.34. The second kappa shape index (κ2) is 4.02. The topological polar surface area (TPSA) is 30.7 Å². The zero-order valence-electron chi connectivity index (χ0n) is 8.73. The smallest absolute Gasteiger partial charge is 0.131 e. The molecule has 0 radical (unpaired) electrons. The van der Waals surface area contributed by atoms with Crippen molar-refractivity contribution in [3.8, 4) is 0 Å². The van der Waals surface area contributed by atoms with E-state index < -0.39 is 7.41 Å². The molecule has 1 rings (SSSR count). The summed E-state index contributed by atoms with van der Waals surface area (Å²) in [5.41, 5.74) is 1.09. The number of aromatic nitrogens is 3. The van der Waals surface area contributed by atoms with Gasteiger partial charge in [-0.25, -0.2) is 0 Å². The van der Waals surface area contributed by atoms with Gasteiger partial charge in [0.05, 0.1) is 31.1 Å². The fourth-order valence-electron chi connectivity index (χ4n) is 0.880. The predicted molar refractivity (Wildman–Crippen MR) is 62.9 cm³/mol. The molecule has 0 fully saturated rings. The number of hydrogen-bond acceptors (Lipinski definition) is 2. The molecule has 74 valence electrons. The molecule has 5 heteroatoms. The largest absolute Gasteiger partial charge is 0.132 e. The van der Waals surface area contributed by atoms with Gasteiger partial charge in [0, 0.05) is 0 Å². The Bertz CT molecular complexity index is 281. The Kier molecular flexibility index (Phi) is 3.43. The quantitative estimate of drug-likeness (QED) is 0.728. The predicted octanol–water partition coefficient (Wildman–Crippen LogP) is 2.27. The van der Waals surface area contributed by atoms with Gasteiger partial charge in [-0.1, -0.05) is 23.1 Å². The van der Waals surface area contributed by atoms with E-state index >= 15 is 0 Å². The van der Waals surface area contributed by atoms with Crippen molar-refractivity contribution in [1.29, 1.82) is 0 Å². The van der Waals surface area contributed by atoms with E-state index in [2.05, 4.69) is 57.4 Å². The fraction of sp³-hybridized carbons (Fsp3) is 0.750. The molecule has 1 heterocycles. The lowest BCUT2D eigenvalue weighted by Gasteiger charge is -2.13. The Hall–Kier alpha value is -0.0000000000000000555. The average molecular weight is 218 g/mol. The van der Waals surface area contributed by atoms with Crippen LogP contribution in [0.25, 0.3) is 0 Å². The van der Waals surface area contributed by atoms with Crippen LogP contribution in [0.4, 0.5) is 0 Å². The van der Waals surface area contributed by atoms with Crippen LogP contribution in [0.5, 0.6) is 0 Å². The van der Waals surface area contributed by atoms with E-state index in [1.54, 1.807) is 0 Å². The monoisotopic (exact) mass is 218 g/mol. The molecule has 0 N–H and O–H groups in total. The van der Waals surface area contributed by atoms with E-state index in [1.807, 2.05) is 0 Å². The zero-order valence-corrected chi connectivity index (χ0v) is 10.8. The van der Waals surface area contributed by atoms with Crippen molar-refractivity contribution in [2.45, 2.75) is 19.8 Å². The normalized spacial score (nSPS) is 12.5. The van der Waals surface area contributed by atoms with Gasteiger partial charge < -0.3 is 0 Å². The highest BCUT2D eigenvalue weighted by atomic mass is 31.2. The maximum absolute atomic E-state index is 4.18. The molecule has 0 aliphatic rings. The summed E-state index contributed by atoms with van der Waals surface area (Å²) >= 11 is 0. The summed E-state index contributed by atoms with van der Waals surface area (Å²) in [7, 11) is 1.70. The zero-order chi connectivity index (χ0) is 10.1. The van der Waals surface area contributed by atoms with Crippen molar-refractivity contribution in [3.05, 3.63) is 11.9 Å². The number of hydrogen-bond donors (Lipinski definition) is 0. The molecule has 0 aliphatic heterocycles. The first-order valence-electron chi connectivity index (χ1n) is 4.43. The van der Waals surface area contributed by atoms with Crippen molar-refractivity contribution in [1.82, 2.24) is 14.8 Å². The maximum Gasteiger partial charge on any atom is 0.131 e. The third-order valence-electron chi connectivity index (χ3n) is 2.09. The van der Waals surface area contributed by atoms with Gasteiger partial charge in [0.15, 0.2) is 0 Å². The molecular formula is C8H18N3P2+. The van der Waals surface area contributed by atoms with Crippen molar-refractivity contribution in [3.63, 3.8) is 0 Å². The highest BCUT2D eigenvalue weighted by Gasteiger charge is 2.27. The van der Waals surface area contributed by atoms with Crippen molar-refractivity contribution < 1.29 is 0 Å². The van der Waals surface area contributed by atoms with Crippen LogP contribution < -0.4 is 0 Å². The average Bonchev–Trinajstić information content (AvgIpc) is 2.52. The molecule has 0 saturated carbocycles. The minimum Gasteiger partial charge on any atom is -0.132 e. The van der Waals surface area contributed by atoms with Crippen LogP contribution in [-0.4, -0.2) is 34.0 Å². The summed E-state index contributed by atoms with van der Waals surface area (Å²) in [4.78, 5) is 0. The molecule has 0 amide bonds. The first-order valence-corrected chi connectivity index (χ1v) is 8.07. The van der Waals surface area contributed by atoms with Crippen LogP contribution in [0.2, 0.25) is 0 Å². The summed E-state index contributed by atoms with van der Waals surface area (Å²) in [6.45, 7) is 8.80.